The maximum atomic E-state index is 12.1. The third kappa shape index (κ3) is 5.31. The predicted molar refractivity (Wildman–Crippen MR) is 81.6 cm³/mol. The Morgan fingerprint density at radius 2 is 1.84 bits per heavy atom. The second-order valence-corrected chi connectivity index (χ2v) is 6.45. The first-order valence-electron chi connectivity index (χ1n) is 7.66. The minimum Gasteiger partial charge on any atom is -0.356 e. The minimum atomic E-state index is 0. The molecule has 2 rings (SSSR count). The molecule has 4 heteroatoms. The van der Waals surface area contributed by atoms with Crippen molar-refractivity contribution in [1.29, 1.82) is 0 Å². The molecule has 1 aliphatic carbocycles. The Bertz CT molecular complexity index is 277. The third-order valence-corrected chi connectivity index (χ3v) is 4.69. The highest BCUT2D eigenvalue weighted by Gasteiger charge is 2.25. The average molecular weight is 289 g/mol. The number of amides is 1. The second kappa shape index (κ2) is 8.11. The quantitative estimate of drug-likeness (QED) is 0.838. The van der Waals surface area contributed by atoms with Crippen LogP contribution in [-0.2, 0) is 4.79 Å². The number of rotatable bonds is 3. The molecule has 0 aromatic heterocycles. The van der Waals surface area contributed by atoms with E-state index in [1.54, 1.807) is 0 Å². The van der Waals surface area contributed by atoms with Crippen LogP contribution in [0.5, 0.6) is 0 Å². The van der Waals surface area contributed by atoms with Crippen molar-refractivity contribution in [2.24, 2.45) is 17.8 Å². The van der Waals surface area contributed by atoms with Gasteiger partial charge in [-0.25, -0.2) is 0 Å². The molecule has 1 saturated heterocycles. The maximum absolute atomic E-state index is 12.1. The van der Waals surface area contributed by atoms with Gasteiger partial charge in [-0.1, -0.05) is 19.8 Å². The van der Waals surface area contributed by atoms with Crippen LogP contribution in [-0.4, -0.2) is 25.0 Å². The summed E-state index contributed by atoms with van der Waals surface area (Å²) in [4.78, 5) is 12.1. The minimum absolute atomic E-state index is 0. The lowest BCUT2D eigenvalue weighted by Crippen LogP contribution is -2.43. The molecule has 2 fully saturated rings. The van der Waals surface area contributed by atoms with Crippen LogP contribution in [0, 0.1) is 17.8 Å². The van der Waals surface area contributed by atoms with E-state index < -0.39 is 0 Å². The molecular weight excluding hydrogens is 260 g/mol. The molecule has 0 radical (unpaired) electrons. The fraction of sp³-hybridized carbons (Fsp3) is 0.933. The number of carbonyl (C=O) groups excluding carboxylic acids is 1. The Morgan fingerprint density at radius 3 is 2.47 bits per heavy atom. The van der Waals surface area contributed by atoms with Crippen LogP contribution < -0.4 is 10.6 Å². The zero-order chi connectivity index (χ0) is 13.0. The fourth-order valence-corrected chi connectivity index (χ4v) is 3.29. The smallest absolute Gasteiger partial charge is 0.223 e. The lowest BCUT2D eigenvalue weighted by atomic mass is 9.83. The van der Waals surface area contributed by atoms with E-state index in [0.717, 1.165) is 37.8 Å². The van der Waals surface area contributed by atoms with Crippen LogP contribution >= 0.6 is 12.4 Å². The van der Waals surface area contributed by atoms with Gasteiger partial charge in [0.1, 0.15) is 0 Å². The Hall–Kier alpha value is -0.280. The van der Waals surface area contributed by atoms with Crippen LogP contribution in [0.25, 0.3) is 0 Å². The van der Waals surface area contributed by atoms with Crippen molar-refractivity contribution in [1.82, 2.24) is 10.6 Å². The summed E-state index contributed by atoms with van der Waals surface area (Å²) in [6.07, 6.45) is 7.26. The summed E-state index contributed by atoms with van der Waals surface area (Å²) in [5, 5.41) is 6.59. The highest BCUT2D eigenvalue weighted by atomic mass is 35.5. The molecule has 112 valence electrons. The van der Waals surface area contributed by atoms with Gasteiger partial charge < -0.3 is 10.6 Å². The SMILES string of the molecule is CC1CCC(CNC(=O)[C@H]2CCN[C@@H](C)C2)CC1.Cl. The van der Waals surface area contributed by atoms with Crippen molar-refractivity contribution in [2.45, 2.75) is 58.4 Å². The highest BCUT2D eigenvalue weighted by molar-refractivity contribution is 5.85. The van der Waals surface area contributed by atoms with E-state index in [2.05, 4.69) is 24.5 Å². The Morgan fingerprint density at radius 1 is 1.16 bits per heavy atom. The molecule has 3 nitrogen and oxygen atoms in total. The van der Waals surface area contributed by atoms with E-state index in [0.29, 0.717) is 11.9 Å². The summed E-state index contributed by atoms with van der Waals surface area (Å²) in [6.45, 7) is 6.40. The van der Waals surface area contributed by atoms with Crippen molar-refractivity contribution < 1.29 is 4.79 Å². The van der Waals surface area contributed by atoms with Crippen molar-refractivity contribution in [3.8, 4) is 0 Å². The normalized spacial score (nSPS) is 35.3. The predicted octanol–water partition coefficient (Wildman–Crippen LogP) is 2.74. The van der Waals surface area contributed by atoms with Gasteiger partial charge in [0.15, 0.2) is 0 Å². The first-order chi connectivity index (χ1) is 8.65. The number of hydrogen-bond donors (Lipinski definition) is 2. The Kier molecular flexibility index (Phi) is 7.16. The second-order valence-electron chi connectivity index (χ2n) is 6.45. The third-order valence-electron chi connectivity index (χ3n) is 4.69. The molecule has 0 aromatic carbocycles. The average Bonchev–Trinajstić information content (AvgIpc) is 2.38. The van der Waals surface area contributed by atoms with Crippen LogP contribution in [0.3, 0.4) is 0 Å². The largest absolute Gasteiger partial charge is 0.356 e. The van der Waals surface area contributed by atoms with Crippen molar-refractivity contribution in [3.05, 3.63) is 0 Å². The van der Waals surface area contributed by atoms with Gasteiger partial charge in [0, 0.05) is 18.5 Å². The first kappa shape index (κ1) is 16.8. The maximum Gasteiger partial charge on any atom is 0.223 e. The highest BCUT2D eigenvalue weighted by Crippen LogP contribution is 2.27. The summed E-state index contributed by atoms with van der Waals surface area (Å²) in [5.74, 6) is 2.15. The van der Waals surface area contributed by atoms with E-state index in [1.165, 1.54) is 25.7 Å². The van der Waals surface area contributed by atoms with E-state index >= 15 is 0 Å². The van der Waals surface area contributed by atoms with Gasteiger partial charge in [-0.3, -0.25) is 4.79 Å². The number of halogens is 1. The van der Waals surface area contributed by atoms with Crippen LogP contribution in [0.4, 0.5) is 0 Å². The molecule has 0 unspecified atom stereocenters. The standard InChI is InChI=1S/C15H28N2O.ClH/c1-11-3-5-13(6-4-11)10-17-15(18)14-7-8-16-12(2)9-14;/h11-14,16H,3-10H2,1-2H3,(H,17,18);1H/t11?,12-,13?,14-;/m0./s1. The molecule has 0 spiro atoms. The molecule has 19 heavy (non-hydrogen) atoms. The van der Waals surface area contributed by atoms with Crippen LogP contribution in [0.2, 0.25) is 0 Å². The Balaban J connectivity index is 0.00000180. The molecular formula is C15H29ClN2O. The number of carbonyl (C=O) groups is 1. The molecule has 1 amide bonds. The summed E-state index contributed by atoms with van der Waals surface area (Å²) in [5.41, 5.74) is 0. The molecule has 1 saturated carbocycles. The topological polar surface area (TPSA) is 41.1 Å². The first-order valence-corrected chi connectivity index (χ1v) is 7.66. The molecule has 2 N–H and O–H groups in total. The van der Waals surface area contributed by atoms with Gasteiger partial charge in [0.25, 0.3) is 0 Å². The molecule has 1 aliphatic heterocycles. The summed E-state index contributed by atoms with van der Waals surface area (Å²) >= 11 is 0. The van der Waals surface area contributed by atoms with Gasteiger partial charge in [-0.2, -0.15) is 0 Å². The lowest BCUT2D eigenvalue weighted by Gasteiger charge is -2.29. The van der Waals surface area contributed by atoms with E-state index in [1.807, 2.05) is 0 Å². The molecule has 1 heterocycles. The van der Waals surface area contributed by atoms with Gasteiger partial charge in [-0.05, 0) is 51.0 Å². The van der Waals surface area contributed by atoms with Gasteiger partial charge in [0.05, 0.1) is 0 Å². The van der Waals surface area contributed by atoms with Crippen molar-refractivity contribution in [2.75, 3.05) is 13.1 Å². The summed E-state index contributed by atoms with van der Waals surface area (Å²) in [7, 11) is 0. The Labute approximate surface area is 123 Å². The number of hydrogen-bond acceptors (Lipinski definition) is 2. The summed E-state index contributed by atoms with van der Waals surface area (Å²) in [6, 6.07) is 0.491. The fourth-order valence-electron chi connectivity index (χ4n) is 3.29. The lowest BCUT2D eigenvalue weighted by molar-refractivity contribution is -0.126. The van der Waals surface area contributed by atoms with Crippen LogP contribution in [0.15, 0.2) is 0 Å². The van der Waals surface area contributed by atoms with E-state index in [9.17, 15) is 4.79 Å². The zero-order valence-electron chi connectivity index (χ0n) is 12.3. The van der Waals surface area contributed by atoms with E-state index in [4.69, 9.17) is 0 Å². The van der Waals surface area contributed by atoms with Gasteiger partial charge in [-0.15, -0.1) is 12.4 Å². The van der Waals surface area contributed by atoms with E-state index in [-0.39, 0.29) is 18.3 Å². The van der Waals surface area contributed by atoms with Crippen molar-refractivity contribution >= 4 is 18.3 Å². The van der Waals surface area contributed by atoms with Gasteiger partial charge >= 0.3 is 0 Å². The number of nitrogens with one attached hydrogen (secondary N) is 2. The van der Waals surface area contributed by atoms with Crippen LogP contribution in [0.1, 0.15) is 52.4 Å². The van der Waals surface area contributed by atoms with Gasteiger partial charge in [0.2, 0.25) is 5.91 Å². The monoisotopic (exact) mass is 288 g/mol. The molecule has 2 atom stereocenters. The molecule has 0 aromatic rings. The summed E-state index contributed by atoms with van der Waals surface area (Å²) < 4.78 is 0. The number of piperidine rings is 1. The zero-order valence-corrected chi connectivity index (χ0v) is 13.1. The molecule has 0 bridgehead atoms. The van der Waals surface area contributed by atoms with Crippen molar-refractivity contribution in [3.63, 3.8) is 0 Å². The molecule has 2 aliphatic rings.